The third kappa shape index (κ3) is 2.60. The number of nitro benzene ring substituents is 1. The van der Waals surface area contributed by atoms with E-state index in [9.17, 15) is 15.2 Å². The Bertz CT molecular complexity index is 1000. The zero-order valence-electron chi connectivity index (χ0n) is 13.3. The van der Waals surface area contributed by atoms with Crippen LogP contribution in [0.15, 0.2) is 70.5 Å². The standard InChI is InChI=1S/C19H14N2O3S/c1-20-15-4-2-3-5-18(15)25-19-9-6-12(10-16(19)20)14-11-13(21(23)24)7-8-17(14)22/h2-11,22H,1H3. The van der Waals surface area contributed by atoms with Crippen LogP contribution in [0.3, 0.4) is 0 Å². The molecule has 6 heteroatoms. The summed E-state index contributed by atoms with van der Waals surface area (Å²) in [6.45, 7) is 0. The summed E-state index contributed by atoms with van der Waals surface area (Å²) in [4.78, 5) is 15.0. The maximum atomic E-state index is 11.0. The Labute approximate surface area is 148 Å². The first-order chi connectivity index (χ1) is 12.0. The van der Waals surface area contributed by atoms with Gasteiger partial charge in [-0.2, -0.15) is 0 Å². The molecule has 1 aliphatic rings. The van der Waals surface area contributed by atoms with Crippen LogP contribution in [-0.2, 0) is 0 Å². The summed E-state index contributed by atoms with van der Waals surface area (Å²) in [5.41, 5.74) is 3.27. The van der Waals surface area contributed by atoms with E-state index in [1.165, 1.54) is 23.1 Å². The van der Waals surface area contributed by atoms with Gasteiger partial charge in [0.05, 0.1) is 16.3 Å². The molecule has 0 saturated heterocycles. The van der Waals surface area contributed by atoms with Crippen molar-refractivity contribution in [3.05, 3.63) is 70.8 Å². The predicted octanol–water partition coefficient (Wildman–Crippen LogP) is 5.20. The van der Waals surface area contributed by atoms with Crippen LogP contribution in [0.4, 0.5) is 17.1 Å². The first-order valence-electron chi connectivity index (χ1n) is 7.67. The van der Waals surface area contributed by atoms with E-state index < -0.39 is 4.92 Å². The molecule has 3 aromatic rings. The van der Waals surface area contributed by atoms with Gasteiger partial charge in [0.25, 0.3) is 5.69 Å². The average molecular weight is 350 g/mol. The van der Waals surface area contributed by atoms with Crippen molar-refractivity contribution in [1.82, 2.24) is 0 Å². The molecule has 0 radical (unpaired) electrons. The highest BCUT2D eigenvalue weighted by molar-refractivity contribution is 7.99. The molecular weight excluding hydrogens is 336 g/mol. The molecule has 0 atom stereocenters. The smallest absolute Gasteiger partial charge is 0.270 e. The summed E-state index contributed by atoms with van der Waals surface area (Å²) in [7, 11) is 1.99. The predicted molar refractivity (Wildman–Crippen MR) is 98.8 cm³/mol. The number of fused-ring (bicyclic) bond motifs is 2. The Balaban J connectivity index is 1.82. The number of benzene rings is 3. The minimum Gasteiger partial charge on any atom is -0.507 e. The van der Waals surface area contributed by atoms with Gasteiger partial charge in [0.1, 0.15) is 5.75 Å². The quantitative estimate of drug-likeness (QED) is 0.508. The van der Waals surface area contributed by atoms with Crippen molar-refractivity contribution in [2.24, 2.45) is 0 Å². The molecule has 0 amide bonds. The fraction of sp³-hybridized carbons (Fsp3) is 0.0526. The van der Waals surface area contributed by atoms with Crippen LogP contribution in [0.2, 0.25) is 0 Å². The van der Waals surface area contributed by atoms with Crippen molar-refractivity contribution in [1.29, 1.82) is 0 Å². The fourth-order valence-electron chi connectivity index (χ4n) is 2.97. The van der Waals surface area contributed by atoms with E-state index in [1.807, 2.05) is 37.4 Å². The Morgan fingerprint density at radius 2 is 1.76 bits per heavy atom. The molecule has 1 N–H and O–H groups in total. The number of nitro groups is 1. The van der Waals surface area contributed by atoms with Gasteiger partial charge in [-0.3, -0.25) is 10.1 Å². The van der Waals surface area contributed by atoms with E-state index in [0.717, 1.165) is 21.8 Å². The number of para-hydroxylation sites is 1. The Kier molecular flexibility index (Phi) is 3.62. The van der Waals surface area contributed by atoms with Gasteiger partial charge in [-0.1, -0.05) is 30.0 Å². The number of aromatic hydroxyl groups is 1. The lowest BCUT2D eigenvalue weighted by Gasteiger charge is -2.29. The zero-order chi connectivity index (χ0) is 17.6. The number of phenolic OH excluding ortho intramolecular Hbond substituents is 1. The van der Waals surface area contributed by atoms with E-state index in [2.05, 4.69) is 17.0 Å². The number of phenols is 1. The Morgan fingerprint density at radius 1 is 1.00 bits per heavy atom. The molecule has 124 valence electrons. The van der Waals surface area contributed by atoms with Crippen LogP contribution in [0.25, 0.3) is 11.1 Å². The van der Waals surface area contributed by atoms with Crippen molar-refractivity contribution in [3.8, 4) is 16.9 Å². The second kappa shape index (κ2) is 5.82. The number of rotatable bonds is 2. The van der Waals surface area contributed by atoms with Gasteiger partial charge in [0.2, 0.25) is 0 Å². The maximum absolute atomic E-state index is 11.0. The average Bonchev–Trinajstić information content (AvgIpc) is 2.62. The molecule has 5 nitrogen and oxygen atoms in total. The van der Waals surface area contributed by atoms with Gasteiger partial charge in [-0.15, -0.1) is 0 Å². The van der Waals surface area contributed by atoms with Gasteiger partial charge in [-0.25, -0.2) is 0 Å². The molecule has 4 rings (SSSR count). The molecule has 25 heavy (non-hydrogen) atoms. The molecule has 3 aromatic carbocycles. The summed E-state index contributed by atoms with van der Waals surface area (Å²) in [5.74, 6) is 0.0251. The minimum atomic E-state index is -0.459. The minimum absolute atomic E-state index is 0.0251. The SMILES string of the molecule is CN1c2ccccc2Sc2ccc(-c3cc([N+](=O)[O-])ccc3O)cc21. The Morgan fingerprint density at radius 3 is 2.56 bits per heavy atom. The summed E-state index contributed by atoms with van der Waals surface area (Å²) >= 11 is 1.69. The van der Waals surface area contributed by atoms with Gasteiger partial charge < -0.3 is 10.0 Å². The van der Waals surface area contributed by atoms with E-state index in [0.29, 0.717) is 5.56 Å². The van der Waals surface area contributed by atoms with Crippen LogP contribution in [0.1, 0.15) is 0 Å². The van der Waals surface area contributed by atoms with Crippen molar-refractivity contribution in [3.63, 3.8) is 0 Å². The van der Waals surface area contributed by atoms with Crippen LogP contribution >= 0.6 is 11.8 Å². The molecule has 0 spiro atoms. The van der Waals surface area contributed by atoms with Crippen molar-refractivity contribution >= 4 is 28.8 Å². The van der Waals surface area contributed by atoms with Crippen molar-refractivity contribution < 1.29 is 10.0 Å². The van der Waals surface area contributed by atoms with Crippen LogP contribution in [0, 0.1) is 10.1 Å². The largest absolute Gasteiger partial charge is 0.507 e. The normalized spacial score (nSPS) is 12.4. The number of hydrogen-bond donors (Lipinski definition) is 1. The topological polar surface area (TPSA) is 66.6 Å². The number of hydrogen-bond acceptors (Lipinski definition) is 5. The second-order valence-corrected chi connectivity index (χ2v) is 6.85. The van der Waals surface area contributed by atoms with Gasteiger partial charge in [-0.05, 0) is 35.9 Å². The summed E-state index contributed by atoms with van der Waals surface area (Å²) in [6.07, 6.45) is 0. The Hall–Kier alpha value is -2.99. The second-order valence-electron chi connectivity index (χ2n) is 5.77. The third-order valence-electron chi connectivity index (χ3n) is 4.27. The third-order valence-corrected chi connectivity index (χ3v) is 5.40. The van der Waals surface area contributed by atoms with E-state index in [4.69, 9.17) is 0 Å². The molecule has 0 aliphatic carbocycles. The molecule has 0 unspecified atom stereocenters. The van der Waals surface area contributed by atoms with E-state index >= 15 is 0 Å². The van der Waals surface area contributed by atoms with Crippen LogP contribution in [-0.4, -0.2) is 17.1 Å². The maximum Gasteiger partial charge on any atom is 0.270 e. The highest BCUT2D eigenvalue weighted by atomic mass is 32.2. The molecule has 1 aliphatic heterocycles. The molecule has 0 fully saturated rings. The number of nitrogens with zero attached hydrogens (tertiary/aromatic N) is 2. The van der Waals surface area contributed by atoms with Crippen molar-refractivity contribution in [2.75, 3.05) is 11.9 Å². The van der Waals surface area contributed by atoms with Crippen LogP contribution in [0.5, 0.6) is 5.75 Å². The van der Waals surface area contributed by atoms with E-state index in [1.54, 1.807) is 11.8 Å². The first-order valence-corrected chi connectivity index (χ1v) is 8.48. The van der Waals surface area contributed by atoms with E-state index in [-0.39, 0.29) is 11.4 Å². The molecule has 1 heterocycles. The lowest BCUT2D eigenvalue weighted by molar-refractivity contribution is -0.384. The number of anilines is 2. The van der Waals surface area contributed by atoms with Gasteiger partial charge in [0, 0.05) is 34.5 Å². The lowest BCUT2D eigenvalue weighted by Crippen LogP contribution is -2.14. The number of non-ortho nitro benzene ring substituents is 1. The summed E-state index contributed by atoms with van der Waals surface area (Å²) in [6, 6.07) is 18.0. The van der Waals surface area contributed by atoms with Crippen molar-refractivity contribution in [2.45, 2.75) is 9.79 Å². The highest BCUT2D eigenvalue weighted by Gasteiger charge is 2.21. The molecule has 0 bridgehead atoms. The molecule has 0 aromatic heterocycles. The lowest BCUT2D eigenvalue weighted by atomic mass is 10.0. The summed E-state index contributed by atoms with van der Waals surface area (Å²) in [5, 5.41) is 21.2. The van der Waals surface area contributed by atoms with Gasteiger partial charge in [0.15, 0.2) is 0 Å². The summed E-state index contributed by atoms with van der Waals surface area (Å²) < 4.78 is 0. The molecule has 0 saturated carbocycles. The fourth-order valence-corrected chi connectivity index (χ4v) is 4.10. The van der Waals surface area contributed by atoms with Gasteiger partial charge >= 0.3 is 0 Å². The monoisotopic (exact) mass is 350 g/mol. The zero-order valence-corrected chi connectivity index (χ0v) is 14.2. The van der Waals surface area contributed by atoms with Crippen LogP contribution < -0.4 is 4.90 Å². The highest BCUT2D eigenvalue weighted by Crippen LogP contribution is 2.48. The molecular formula is C19H14N2O3S. The first kappa shape index (κ1) is 15.5.